The van der Waals surface area contributed by atoms with Crippen LogP contribution >= 0.6 is 0 Å². The molecule has 0 aromatic carbocycles. The molecule has 32 heavy (non-hydrogen) atoms. The quantitative estimate of drug-likeness (QED) is 0.439. The third kappa shape index (κ3) is 2.61. The van der Waals surface area contributed by atoms with Gasteiger partial charge in [-0.05, 0) is 50.9 Å². The second-order valence-corrected chi connectivity index (χ2v) is 9.72. The van der Waals surface area contributed by atoms with Gasteiger partial charge in [0.15, 0.2) is 0 Å². The van der Waals surface area contributed by atoms with E-state index >= 15 is 4.39 Å². The van der Waals surface area contributed by atoms with Gasteiger partial charge in [0.1, 0.15) is 0 Å². The Labute approximate surface area is 175 Å². The second-order valence-electron chi connectivity index (χ2n) is 9.72. The van der Waals surface area contributed by atoms with Gasteiger partial charge < -0.3 is 9.47 Å². The highest BCUT2D eigenvalue weighted by Crippen LogP contribution is 2.70. The zero-order valence-electron chi connectivity index (χ0n) is 16.8. The van der Waals surface area contributed by atoms with E-state index in [0.29, 0.717) is 19.3 Å². The molecule has 2 unspecified atom stereocenters. The molecule has 0 saturated heterocycles. The first-order valence-corrected chi connectivity index (χ1v) is 10.2. The Morgan fingerprint density at radius 1 is 0.594 bits per heavy atom. The molecule has 2 nitrogen and oxygen atoms in total. The van der Waals surface area contributed by atoms with Crippen LogP contribution in [0, 0.1) is 11.8 Å². The number of ether oxygens (including phenoxy) is 2. The average molecular weight is 490 g/mol. The van der Waals surface area contributed by atoms with Crippen LogP contribution in [0.15, 0.2) is 0 Å². The molecule has 0 radical (unpaired) electrons. The van der Waals surface area contributed by atoms with Gasteiger partial charge in [0.25, 0.3) is 5.67 Å². The van der Waals surface area contributed by atoms with E-state index in [0.717, 1.165) is 0 Å². The van der Waals surface area contributed by atoms with Crippen molar-refractivity contribution in [2.24, 2.45) is 11.8 Å². The maximum absolute atomic E-state index is 15.0. The Morgan fingerprint density at radius 3 is 1.38 bits per heavy atom. The summed E-state index contributed by atoms with van der Waals surface area (Å²) in [7, 11) is 0. The van der Waals surface area contributed by atoms with E-state index in [9.17, 15) is 43.9 Å². The highest BCUT2D eigenvalue weighted by Gasteiger charge is 3.01. The van der Waals surface area contributed by atoms with E-state index in [4.69, 9.17) is 9.47 Å². The molecular formula is C19H21F11O2. The summed E-state index contributed by atoms with van der Waals surface area (Å²) in [4.78, 5) is 0. The molecule has 0 aliphatic heterocycles. The highest BCUT2D eigenvalue weighted by molar-refractivity contribution is 5.27. The minimum absolute atomic E-state index is 0.0585. The second kappa shape index (κ2) is 6.42. The smallest absolute Gasteiger partial charge is 0.375 e. The molecule has 5 aliphatic rings. The minimum atomic E-state index is -7.21. The van der Waals surface area contributed by atoms with Gasteiger partial charge in [0.05, 0.1) is 17.8 Å². The SMILES string of the molecule is CCOC12CC3CC(C1)CC(OCC1(F)C(F)(F)C(F)(F)C(F)(F)C(F)(F)C1(F)F)(C3)C2. The van der Waals surface area contributed by atoms with Crippen LogP contribution in [0.1, 0.15) is 45.4 Å². The molecule has 4 bridgehead atoms. The summed E-state index contributed by atoms with van der Waals surface area (Å²) in [5.41, 5.74) is -8.45. The van der Waals surface area contributed by atoms with Crippen molar-refractivity contribution in [1.29, 1.82) is 0 Å². The standard InChI is InChI=1S/C19H21F11O2/c1-2-31-12-4-10-3-11(5-12)7-13(6-10,8-12)32-9-14(20)15(21,22)17(25,26)19(29,30)18(27,28)16(14,23)24/h10-11H,2-9H2,1H3. The Bertz CT molecular complexity index is 737. The molecular weight excluding hydrogens is 469 g/mol. The van der Waals surface area contributed by atoms with Gasteiger partial charge in [0, 0.05) is 13.0 Å². The zero-order chi connectivity index (χ0) is 24.2. The van der Waals surface area contributed by atoms with Crippen LogP contribution < -0.4 is 0 Å². The van der Waals surface area contributed by atoms with E-state index in [-0.39, 0.29) is 37.7 Å². The summed E-state index contributed by atoms with van der Waals surface area (Å²) in [6.45, 7) is -0.682. The normalized spacial score (nSPS) is 43.9. The molecule has 5 rings (SSSR count). The maximum Gasteiger partial charge on any atom is 0.384 e. The van der Waals surface area contributed by atoms with Crippen molar-refractivity contribution in [2.75, 3.05) is 13.2 Å². The molecule has 0 aromatic rings. The molecule has 0 amide bonds. The average Bonchev–Trinajstić information content (AvgIpc) is 2.63. The van der Waals surface area contributed by atoms with Crippen LogP contribution in [0.25, 0.3) is 0 Å². The fourth-order valence-electron chi connectivity index (χ4n) is 6.46. The van der Waals surface area contributed by atoms with E-state index < -0.39 is 53.1 Å². The van der Waals surface area contributed by atoms with Gasteiger partial charge >= 0.3 is 29.6 Å². The lowest BCUT2D eigenvalue weighted by Crippen LogP contribution is -2.84. The summed E-state index contributed by atoms with van der Waals surface area (Å²) in [6, 6.07) is 0. The Kier molecular flexibility index (Phi) is 4.87. The molecule has 5 fully saturated rings. The van der Waals surface area contributed by atoms with E-state index in [1.54, 1.807) is 6.92 Å². The van der Waals surface area contributed by atoms with Gasteiger partial charge in [-0.3, -0.25) is 0 Å². The lowest BCUT2D eigenvalue weighted by atomic mass is 9.52. The predicted octanol–water partition coefficient (Wildman–Crippen LogP) is 6.03. The van der Waals surface area contributed by atoms with Gasteiger partial charge in [-0.25, -0.2) is 4.39 Å². The fourth-order valence-corrected chi connectivity index (χ4v) is 6.46. The van der Waals surface area contributed by atoms with Crippen molar-refractivity contribution in [2.45, 2.75) is 91.9 Å². The Morgan fingerprint density at radius 2 is 0.969 bits per heavy atom. The minimum Gasteiger partial charge on any atom is -0.375 e. The van der Waals surface area contributed by atoms with E-state index in [2.05, 4.69) is 0 Å². The topological polar surface area (TPSA) is 18.5 Å². The lowest BCUT2D eigenvalue weighted by Gasteiger charge is -2.61. The molecule has 0 heterocycles. The number of hydrogen-bond acceptors (Lipinski definition) is 2. The van der Waals surface area contributed by atoms with Crippen LogP contribution in [0.4, 0.5) is 48.3 Å². The van der Waals surface area contributed by atoms with Crippen molar-refractivity contribution in [3.05, 3.63) is 0 Å². The van der Waals surface area contributed by atoms with E-state index in [1.165, 1.54) is 0 Å². The molecule has 0 spiro atoms. The van der Waals surface area contributed by atoms with Gasteiger partial charge in [0.2, 0.25) is 0 Å². The van der Waals surface area contributed by atoms with Crippen LogP contribution in [-0.2, 0) is 9.47 Å². The molecule has 5 aliphatic carbocycles. The molecule has 13 heteroatoms. The fraction of sp³-hybridized carbons (Fsp3) is 1.00. The number of halogens is 11. The summed E-state index contributed by atoms with van der Waals surface area (Å²) >= 11 is 0. The first-order chi connectivity index (χ1) is 14.3. The largest absolute Gasteiger partial charge is 0.384 e. The molecule has 2 atom stereocenters. The number of hydrogen-bond donors (Lipinski definition) is 0. The summed E-state index contributed by atoms with van der Waals surface area (Å²) in [6.07, 6.45) is 1.85. The molecule has 5 saturated carbocycles. The van der Waals surface area contributed by atoms with Crippen molar-refractivity contribution < 1.29 is 57.8 Å². The third-order valence-corrected chi connectivity index (χ3v) is 7.55. The first-order valence-electron chi connectivity index (χ1n) is 10.2. The maximum atomic E-state index is 15.0. The molecule has 0 aromatic heterocycles. The Hall–Kier alpha value is -0.850. The first kappa shape index (κ1) is 24.3. The highest BCUT2D eigenvalue weighted by atomic mass is 19.4. The monoisotopic (exact) mass is 490 g/mol. The van der Waals surface area contributed by atoms with Crippen molar-refractivity contribution in [1.82, 2.24) is 0 Å². The summed E-state index contributed by atoms with van der Waals surface area (Å²) < 4.78 is 164. The van der Waals surface area contributed by atoms with Crippen LogP contribution in [0.2, 0.25) is 0 Å². The van der Waals surface area contributed by atoms with Crippen LogP contribution in [0.3, 0.4) is 0 Å². The zero-order valence-corrected chi connectivity index (χ0v) is 16.8. The van der Waals surface area contributed by atoms with Gasteiger partial charge in [-0.15, -0.1) is 0 Å². The summed E-state index contributed by atoms with van der Waals surface area (Å²) in [5, 5.41) is 0. The van der Waals surface area contributed by atoms with Crippen molar-refractivity contribution in [3.8, 4) is 0 Å². The third-order valence-electron chi connectivity index (χ3n) is 7.55. The van der Waals surface area contributed by atoms with Gasteiger partial charge in [-0.2, -0.15) is 43.9 Å². The molecule has 186 valence electrons. The van der Waals surface area contributed by atoms with E-state index in [1.807, 2.05) is 0 Å². The van der Waals surface area contributed by atoms with Crippen LogP contribution in [0.5, 0.6) is 0 Å². The summed E-state index contributed by atoms with van der Waals surface area (Å²) in [5.74, 6) is -35.3. The predicted molar refractivity (Wildman–Crippen MR) is 86.3 cm³/mol. The number of rotatable bonds is 5. The Balaban J connectivity index is 1.69. The number of alkyl halides is 11. The lowest BCUT2D eigenvalue weighted by molar-refractivity contribution is -0.489. The van der Waals surface area contributed by atoms with Crippen LogP contribution in [-0.4, -0.2) is 59.7 Å². The molecule has 0 N–H and O–H groups in total. The van der Waals surface area contributed by atoms with Gasteiger partial charge in [-0.1, -0.05) is 0 Å². The van der Waals surface area contributed by atoms with Crippen molar-refractivity contribution >= 4 is 0 Å². The van der Waals surface area contributed by atoms with Crippen molar-refractivity contribution in [3.63, 3.8) is 0 Å².